The number of amides is 1. The van der Waals surface area contributed by atoms with Gasteiger partial charge < -0.3 is 5.32 Å². The van der Waals surface area contributed by atoms with Gasteiger partial charge in [-0.15, -0.1) is 0 Å². The van der Waals surface area contributed by atoms with Gasteiger partial charge in [-0.1, -0.05) is 6.92 Å². The lowest BCUT2D eigenvalue weighted by Crippen LogP contribution is -2.10. The molecule has 0 aromatic carbocycles. The van der Waals surface area contributed by atoms with Crippen LogP contribution in [0.3, 0.4) is 0 Å². The molecule has 0 aliphatic carbocycles. The molecule has 0 aliphatic rings. The van der Waals surface area contributed by atoms with Gasteiger partial charge >= 0.3 is 0 Å². The number of aromatic nitrogens is 2. The number of carbonyl (C=O) groups excluding carboxylic acids is 1. The molecule has 0 fully saturated rings. The van der Waals surface area contributed by atoms with Crippen LogP contribution in [-0.4, -0.2) is 15.9 Å². The molecule has 5 heteroatoms. The minimum Gasteiger partial charge on any atom is -0.323 e. The summed E-state index contributed by atoms with van der Waals surface area (Å²) in [5.41, 5.74) is 0.505. The van der Waals surface area contributed by atoms with E-state index in [2.05, 4.69) is 15.3 Å². The van der Waals surface area contributed by atoms with Crippen LogP contribution in [0.5, 0.6) is 0 Å². The third kappa shape index (κ3) is 2.52. The fourth-order valence-electron chi connectivity index (χ4n) is 0.700. The van der Waals surface area contributed by atoms with Gasteiger partial charge in [-0.3, -0.25) is 4.79 Å². The second-order valence-electron chi connectivity index (χ2n) is 2.31. The van der Waals surface area contributed by atoms with E-state index in [4.69, 9.17) is 5.26 Å². The molecular weight excluding hydrogens is 168 g/mol. The number of hydrogen-bond donors (Lipinski definition) is 1. The summed E-state index contributed by atoms with van der Waals surface area (Å²) in [5, 5.41) is 11.0. The Bertz CT molecular complexity index is 338. The molecule has 0 saturated heterocycles. The molecule has 0 spiro atoms. The van der Waals surface area contributed by atoms with Crippen molar-refractivity contribution in [2.45, 2.75) is 13.3 Å². The summed E-state index contributed by atoms with van der Waals surface area (Å²) in [5.74, 6) is -0.0113. The fourth-order valence-corrected chi connectivity index (χ4v) is 0.700. The number of carbonyl (C=O) groups is 1. The predicted octanol–water partition coefficient (Wildman–Crippen LogP) is 0.697. The predicted molar refractivity (Wildman–Crippen MR) is 45.7 cm³/mol. The first-order valence-corrected chi connectivity index (χ1v) is 3.78. The average molecular weight is 176 g/mol. The molecule has 1 aromatic heterocycles. The Morgan fingerprint density at radius 2 is 2.23 bits per heavy atom. The third-order valence-corrected chi connectivity index (χ3v) is 1.36. The van der Waals surface area contributed by atoms with E-state index in [-0.39, 0.29) is 11.7 Å². The highest BCUT2D eigenvalue weighted by atomic mass is 16.1. The first kappa shape index (κ1) is 9.13. The molecule has 0 radical (unpaired) electrons. The Hall–Kier alpha value is -1.96. The summed E-state index contributed by atoms with van der Waals surface area (Å²) in [6.45, 7) is 1.75. The van der Waals surface area contributed by atoms with E-state index in [1.165, 1.54) is 12.4 Å². The van der Waals surface area contributed by atoms with E-state index in [1.807, 2.05) is 0 Å². The van der Waals surface area contributed by atoms with Crippen molar-refractivity contribution in [1.82, 2.24) is 9.97 Å². The van der Waals surface area contributed by atoms with Crippen molar-refractivity contribution in [3.05, 3.63) is 18.2 Å². The molecule has 1 aromatic rings. The summed E-state index contributed by atoms with van der Waals surface area (Å²) in [6.07, 6.45) is 3.21. The Kier molecular flexibility index (Phi) is 2.92. The molecule has 0 saturated carbocycles. The minimum absolute atomic E-state index is 0.0921. The van der Waals surface area contributed by atoms with E-state index in [9.17, 15) is 4.79 Å². The zero-order valence-electron chi connectivity index (χ0n) is 7.11. The number of nitrogens with zero attached hydrogens (tertiary/aromatic N) is 3. The van der Waals surface area contributed by atoms with Crippen LogP contribution in [0.25, 0.3) is 0 Å². The highest BCUT2D eigenvalue weighted by Gasteiger charge is 1.99. The van der Waals surface area contributed by atoms with Gasteiger partial charge in [0.1, 0.15) is 6.07 Å². The van der Waals surface area contributed by atoms with Gasteiger partial charge in [0.2, 0.25) is 11.7 Å². The van der Waals surface area contributed by atoms with Gasteiger partial charge in [0.15, 0.2) is 0 Å². The molecule has 1 amide bonds. The van der Waals surface area contributed by atoms with Crippen molar-refractivity contribution >= 4 is 11.6 Å². The Morgan fingerprint density at radius 3 is 2.69 bits per heavy atom. The SMILES string of the molecule is CCC(=O)Nc1cnc(C#N)nc1. The smallest absolute Gasteiger partial charge is 0.232 e. The van der Waals surface area contributed by atoms with E-state index < -0.39 is 0 Å². The van der Waals surface area contributed by atoms with E-state index in [0.717, 1.165) is 0 Å². The number of rotatable bonds is 2. The van der Waals surface area contributed by atoms with Crippen LogP contribution in [0, 0.1) is 11.3 Å². The molecule has 1 heterocycles. The number of anilines is 1. The summed E-state index contributed by atoms with van der Waals surface area (Å²) in [6, 6.07) is 1.79. The summed E-state index contributed by atoms with van der Waals surface area (Å²) < 4.78 is 0. The van der Waals surface area contributed by atoms with Crippen LogP contribution in [0.1, 0.15) is 19.2 Å². The molecule has 0 unspecified atom stereocenters. The lowest BCUT2D eigenvalue weighted by Gasteiger charge is -2.00. The van der Waals surface area contributed by atoms with Gasteiger partial charge in [0.25, 0.3) is 0 Å². The van der Waals surface area contributed by atoms with Crippen LogP contribution < -0.4 is 5.32 Å². The summed E-state index contributed by atoms with van der Waals surface area (Å²) in [7, 11) is 0. The lowest BCUT2D eigenvalue weighted by atomic mass is 10.4. The monoisotopic (exact) mass is 176 g/mol. The molecule has 1 N–H and O–H groups in total. The Balaban J connectivity index is 2.71. The lowest BCUT2D eigenvalue weighted by molar-refractivity contribution is -0.115. The standard InChI is InChI=1S/C8H8N4O/c1-2-8(13)12-6-4-10-7(3-9)11-5-6/h4-5H,2H2,1H3,(H,12,13). The highest BCUT2D eigenvalue weighted by molar-refractivity contribution is 5.90. The fraction of sp³-hybridized carbons (Fsp3) is 0.250. The van der Waals surface area contributed by atoms with Crippen molar-refractivity contribution in [3.63, 3.8) is 0 Å². The maximum Gasteiger partial charge on any atom is 0.232 e. The number of nitriles is 1. The van der Waals surface area contributed by atoms with Gasteiger partial charge in [-0.2, -0.15) is 5.26 Å². The minimum atomic E-state index is -0.103. The van der Waals surface area contributed by atoms with Crippen LogP contribution in [0.15, 0.2) is 12.4 Å². The summed E-state index contributed by atoms with van der Waals surface area (Å²) >= 11 is 0. The first-order chi connectivity index (χ1) is 6.26. The van der Waals surface area contributed by atoms with Crippen molar-refractivity contribution in [3.8, 4) is 6.07 Å². The quantitative estimate of drug-likeness (QED) is 0.719. The number of nitrogens with one attached hydrogen (secondary N) is 1. The highest BCUT2D eigenvalue weighted by Crippen LogP contribution is 2.02. The molecule has 5 nitrogen and oxygen atoms in total. The molecule has 66 valence electrons. The maximum absolute atomic E-state index is 10.9. The van der Waals surface area contributed by atoms with E-state index in [1.54, 1.807) is 13.0 Å². The zero-order chi connectivity index (χ0) is 9.68. The molecule has 13 heavy (non-hydrogen) atoms. The van der Waals surface area contributed by atoms with Crippen LogP contribution in [-0.2, 0) is 4.79 Å². The molecular formula is C8H8N4O. The molecule has 1 rings (SSSR count). The molecule has 0 aliphatic heterocycles. The topological polar surface area (TPSA) is 78.7 Å². The molecule has 0 bridgehead atoms. The van der Waals surface area contributed by atoms with Crippen LogP contribution in [0.2, 0.25) is 0 Å². The second kappa shape index (κ2) is 4.16. The number of hydrogen-bond acceptors (Lipinski definition) is 4. The second-order valence-corrected chi connectivity index (χ2v) is 2.31. The van der Waals surface area contributed by atoms with Crippen LogP contribution >= 0.6 is 0 Å². The van der Waals surface area contributed by atoms with Crippen LogP contribution in [0.4, 0.5) is 5.69 Å². The average Bonchev–Trinajstić information content (AvgIpc) is 2.19. The maximum atomic E-state index is 10.9. The van der Waals surface area contributed by atoms with Gasteiger partial charge in [0, 0.05) is 6.42 Å². The third-order valence-electron chi connectivity index (χ3n) is 1.36. The van der Waals surface area contributed by atoms with Gasteiger partial charge in [-0.05, 0) is 0 Å². The van der Waals surface area contributed by atoms with Crippen molar-refractivity contribution < 1.29 is 4.79 Å². The van der Waals surface area contributed by atoms with Crippen molar-refractivity contribution in [2.75, 3.05) is 5.32 Å². The van der Waals surface area contributed by atoms with Gasteiger partial charge in [0.05, 0.1) is 18.1 Å². The Labute approximate surface area is 75.4 Å². The zero-order valence-corrected chi connectivity index (χ0v) is 7.11. The van der Waals surface area contributed by atoms with Gasteiger partial charge in [-0.25, -0.2) is 9.97 Å². The first-order valence-electron chi connectivity index (χ1n) is 3.78. The van der Waals surface area contributed by atoms with E-state index >= 15 is 0 Å². The largest absolute Gasteiger partial charge is 0.323 e. The molecule has 0 atom stereocenters. The van der Waals surface area contributed by atoms with Crippen molar-refractivity contribution in [1.29, 1.82) is 5.26 Å². The summed E-state index contributed by atoms with van der Waals surface area (Å²) in [4.78, 5) is 18.3. The van der Waals surface area contributed by atoms with Crippen molar-refractivity contribution in [2.24, 2.45) is 0 Å². The van der Waals surface area contributed by atoms with E-state index in [0.29, 0.717) is 12.1 Å². The normalized spacial score (nSPS) is 8.92. The Morgan fingerprint density at radius 1 is 1.62 bits per heavy atom.